The molecule has 7 heteroatoms. The van der Waals surface area contributed by atoms with Crippen LogP contribution in [-0.4, -0.2) is 14.7 Å². The number of aromatic nitrogens is 2. The van der Waals surface area contributed by atoms with Gasteiger partial charge in [-0.15, -0.1) is 0 Å². The van der Waals surface area contributed by atoms with Gasteiger partial charge in [-0.1, -0.05) is 13.0 Å². The molecule has 1 aromatic carbocycles. The molecule has 2 rings (SSSR count). The fraction of sp³-hybridized carbons (Fsp3) is 0.308. The van der Waals surface area contributed by atoms with E-state index in [-0.39, 0.29) is 11.4 Å². The third-order valence-corrected chi connectivity index (χ3v) is 3.38. The fourth-order valence-corrected chi connectivity index (χ4v) is 2.43. The van der Waals surface area contributed by atoms with Crippen LogP contribution in [0.25, 0.3) is 5.69 Å². The Kier molecular flexibility index (Phi) is 3.71. The summed E-state index contributed by atoms with van der Waals surface area (Å²) in [5, 5.41) is 15.7. The summed E-state index contributed by atoms with van der Waals surface area (Å²) in [5.41, 5.74) is 5.84. The minimum atomic E-state index is -0.452. The molecule has 3 N–H and O–H groups in total. The van der Waals surface area contributed by atoms with Crippen LogP contribution in [0.2, 0.25) is 0 Å². The first-order valence-corrected chi connectivity index (χ1v) is 6.30. The van der Waals surface area contributed by atoms with Crippen molar-refractivity contribution in [3.05, 3.63) is 45.3 Å². The van der Waals surface area contributed by atoms with Gasteiger partial charge < -0.3 is 5.43 Å². The van der Waals surface area contributed by atoms with E-state index in [9.17, 15) is 10.1 Å². The summed E-state index contributed by atoms with van der Waals surface area (Å²) in [4.78, 5) is 10.9. The lowest BCUT2D eigenvalue weighted by Gasteiger charge is -2.09. The number of nitro groups is 1. The second-order valence-corrected chi connectivity index (χ2v) is 4.49. The number of hydrogen-bond donors (Lipinski definition) is 2. The molecule has 2 aromatic rings. The number of benzene rings is 1. The van der Waals surface area contributed by atoms with E-state index >= 15 is 0 Å². The van der Waals surface area contributed by atoms with E-state index in [0.717, 1.165) is 23.4 Å². The molecule has 1 aromatic heterocycles. The predicted octanol–water partition coefficient (Wildman–Crippen LogP) is 2.25. The molecule has 0 spiro atoms. The largest absolute Gasteiger partial charge is 0.319 e. The lowest BCUT2D eigenvalue weighted by atomic mass is 10.1. The van der Waals surface area contributed by atoms with Gasteiger partial charge in [0.05, 0.1) is 10.6 Å². The number of nitrogens with one attached hydrogen (secondary N) is 1. The molecule has 20 heavy (non-hydrogen) atoms. The van der Waals surface area contributed by atoms with Gasteiger partial charge in [-0.05, 0) is 38.0 Å². The molecule has 0 saturated carbocycles. The van der Waals surface area contributed by atoms with Crippen molar-refractivity contribution in [2.45, 2.75) is 27.2 Å². The highest BCUT2D eigenvalue weighted by Gasteiger charge is 2.23. The number of nitro benzene ring substituents is 1. The number of aryl methyl sites for hydroxylation is 1. The SMILES string of the molecule is CCc1c(C)nn(-c2cccc(NN)c2[N+](=O)[O-])c1C. The van der Waals surface area contributed by atoms with E-state index in [4.69, 9.17) is 5.84 Å². The van der Waals surface area contributed by atoms with Crippen LogP contribution in [0.1, 0.15) is 23.9 Å². The fourth-order valence-electron chi connectivity index (χ4n) is 2.43. The minimum Gasteiger partial charge on any atom is -0.318 e. The minimum absolute atomic E-state index is 0.0803. The van der Waals surface area contributed by atoms with Crippen molar-refractivity contribution in [1.82, 2.24) is 9.78 Å². The van der Waals surface area contributed by atoms with E-state index < -0.39 is 4.92 Å². The first kappa shape index (κ1) is 14.0. The summed E-state index contributed by atoms with van der Waals surface area (Å²) in [5.74, 6) is 5.35. The van der Waals surface area contributed by atoms with Gasteiger partial charge in [-0.3, -0.25) is 16.0 Å². The standard InChI is InChI=1S/C13H17N5O2/c1-4-10-8(2)16-17(9(10)3)12-7-5-6-11(15-14)13(12)18(19)20/h5-7,15H,4,14H2,1-3H3. The zero-order chi connectivity index (χ0) is 14.9. The maximum absolute atomic E-state index is 11.3. The maximum Gasteiger partial charge on any atom is 0.319 e. The number of nitrogens with two attached hydrogens (primary N) is 1. The molecule has 0 saturated heterocycles. The highest BCUT2D eigenvalue weighted by atomic mass is 16.6. The summed E-state index contributed by atoms with van der Waals surface area (Å²) >= 11 is 0. The molecule has 0 unspecified atom stereocenters. The Morgan fingerprint density at radius 2 is 2.15 bits per heavy atom. The normalized spacial score (nSPS) is 10.6. The Bertz CT molecular complexity index is 663. The molecule has 0 radical (unpaired) electrons. The molecule has 106 valence electrons. The Hall–Kier alpha value is -2.41. The average Bonchev–Trinajstić information content (AvgIpc) is 2.72. The van der Waals surface area contributed by atoms with Gasteiger partial charge in [0.2, 0.25) is 0 Å². The van der Waals surface area contributed by atoms with Crippen LogP contribution in [0.4, 0.5) is 11.4 Å². The van der Waals surface area contributed by atoms with Crippen molar-refractivity contribution in [3.63, 3.8) is 0 Å². The van der Waals surface area contributed by atoms with Crippen molar-refractivity contribution in [2.75, 3.05) is 5.43 Å². The molecule has 1 heterocycles. The van der Waals surface area contributed by atoms with E-state index in [1.807, 2.05) is 20.8 Å². The van der Waals surface area contributed by atoms with Crippen LogP contribution in [0.3, 0.4) is 0 Å². The highest BCUT2D eigenvalue weighted by Crippen LogP contribution is 2.32. The van der Waals surface area contributed by atoms with Crippen molar-refractivity contribution >= 4 is 11.4 Å². The lowest BCUT2D eigenvalue weighted by Crippen LogP contribution is -2.12. The summed E-state index contributed by atoms with van der Waals surface area (Å²) in [6.07, 6.45) is 0.834. The molecular weight excluding hydrogens is 258 g/mol. The van der Waals surface area contributed by atoms with Crippen LogP contribution in [0.5, 0.6) is 0 Å². The molecule has 7 nitrogen and oxygen atoms in total. The van der Waals surface area contributed by atoms with Crippen LogP contribution in [0.15, 0.2) is 18.2 Å². The molecule has 0 aliphatic heterocycles. The van der Waals surface area contributed by atoms with Crippen molar-refractivity contribution in [2.24, 2.45) is 5.84 Å². The van der Waals surface area contributed by atoms with Crippen LogP contribution in [-0.2, 0) is 6.42 Å². The van der Waals surface area contributed by atoms with E-state index in [1.165, 1.54) is 0 Å². The van der Waals surface area contributed by atoms with Gasteiger partial charge in [0.15, 0.2) is 0 Å². The zero-order valence-corrected chi connectivity index (χ0v) is 11.7. The first-order chi connectivity index (χ1) is 9.51. The molecule has 0 aliphatic carbocycles. The summed E-state index contributed by atoms with van der Waals surface area (Å²) in [7, 11) is 0. The quantitative estimate of drug-likeness (QED) is 0.506. The van der Waals surface area contributed by atoms with Gasteiger partial charge in [-0.25, -0.2) is 4.68 Å². The Morgan fingerprint density at radius 3 is 2.65 bits per heavy atom. The van der Waals surface area contributed by atoms with Crippen molar-refractivity contribution in [3.8, 4) is 5.69 Å². The van der Waals surface area contributed by atoms with E-state index in [2.05, 4.69) is 10.5 Å². The smallest absolute Gasteiger partial charge is 0.318 e. The van der Waals surface area contributed by atoms with Crippen LogP contribution in [0, 0.1) is 24.0 Å². The molecule has 0 amide bonds. The van der Waals surface area contributed by atoms with Crippen molar-refractivity contribution < 1.29 is 4.92 Å². The molecule has 0 atom stereocenters. The van der Waals surface area contributed by atoms with Crippen molar-refractivity contribution in [1.29, 1.82) is 0 Å². The number of hydrazine groups is 1. The second kappa shape index (κ2) is 5.30. The summed E-state index contributed by atoms with van der Waals surface area (Å²) in [6.45, 7) is 5.85. The molecule has 0 bridgehead atoms. The molecular formula is C13H17N5O2. The number of hydrogen-bond acceptors (Lipinski definition) is 5. The zero-order valence-electron chi connectivity index (χ0n) is 11.7. The summed E-state index contributed by atoms with van der Waals surface area (Å²) < 4.78 is 1.60. The number of nitrogens with zero attached hydrogens (tertiary/aromatic N) is 3. The van der Waals surface area contributed by atoms with Gasteiger partial charge in [-0.2, -0.15) is 5.10 Å². The summed E-state index contributed by atoms with van der Waals surface area (Å²) in [6, 6.07) is 4.94. The monoisotopic (exact) mass is 275 g/mol. The highest BCUT2D eigenvalue weighted by molar-refractivity contribution is 5.70. The number of rotatable bonds is 4. The van der Waals surface area contributed by atoms with E-state index in [1.54, 1.807) is 22.9 Å². The van der Waals surface area contributed by atoms with Gasteiger partial charge in [0.25, 0.3) is 0 Å². The number of anilines is 1. The Labute approximate surface area is 116 Å². The average molecular weight is 275 g/mol. The molecule has 0 aliphatic rings. The van der Waals surface area contributed by atoms with Crippen LogP contribution < -0.4 is 11.3 Å². The Morgan fingerprint density at radius 1 is 1.45 bits per heavy atom. The first-order valence-electron chi connectivity index (χ1n) is 6.30. The van der Waals surface area contributed by atoms with Gasteiger partial charge in [0, 0.05) is 5.69 Å². The van der Waals surface area contributed by atoms with Crippen LogP contribution >= 0.6 is 0 Å². The predicted molar refractivity (Wildman–Crippen MR) is 76.9 cm³/mol. The van der Waals surface area contributed by atoms with E-state index in [0.29, 0.717) is 5.69 Å². The van der Waals surface area contributed by atoms with Gasteiger partial charge in [0.1, 0.15) is 11.4 Å². The third-order valence-electron chi connectivity index (χ3n) is 3.38. The maximum atomic E-state index is 11.3. The third kappa shape index (κ3) is 2.12. The molecule has 0 fully saturated rings. The topological polar surface area (TPSA) is 99.0 Å². The lowest BCUT2D eigenvalue weighted by molar-refractivity contribution is -0.383. The number of para-hydroxylation sites is 1. The number of nitrogen functional groups attached to an aromatic ring is 1. The second-order valence-electron chi connectivity index (χ2n) is 4.49. The Balaban J connectivity index is 2.73. The van der Waals surface area contributed by atoms with Gasteiger partial charge >= 0.3 is 5.69 Å².